The fourth-order valence-electron chi connectivity index (χ4n) is 4.21. The van der Waals surface area contributed by atoms with Gasteiger partial charge < -0.3 is 19.2 Å². The number of benzene rings is 1. The van der Waals surface area contributed by atoms with E-state index in [0.29, 0.717) is 28.1 Å². The van der Waals surface area contributed by atoms with Crippen LogP contribution in [0, 0.1) is 13.8 Å². The van der Waals surface area contributed by atoms with Crippen LogP contribution in [0.15, 0.2) is 46.9 Å². The normalized spacial score (nSPS) is 14.5. The maximum Gasteiger partial charge on any atom is 0.346 e. The summed E-state index contributed by atoms with van der Waals surface area (Å²) in [4.78, 5) is 16.7. The molecule has 3 aromatic heterocycles. The summed E-state index contributed by atoms with van der Waals surface area (Å²) in [6, 6.07) is 9.19. The molecule has 0 saturated heterocycles. The van der Waals surface area contributed by atoms with Crippen LogP contribution in [0.4, 0.5) is 5.69 Å². The number of aryl methyl sites for hydroxylation is 2. The molecule has 0 bridgehead atoms. The van der Waals surface area contributed by atoms with Crippen molar-refractivity contribution in [2.24, 2.45) is 0 Å². The summed E-state index contributed by atoms with van der Waals surface area (Å²) in [7, 11) is -4.13. The molecule has 36 heavy (non-hydrogen) atoms. The fourth-order valence-corrected chi connectivity index (χ4v) is 5.90. The number of furan rings is 1. The summed E-state index contributed by atoms with van der Waals surface area (Å²) in [6.45, 7) is 3.93. The third-order valence-corrected chi connectivity index (χ3v) is 8.08. The average Bonchev–Trinajstić information content (AvgIpc) is 3.56. The van der Waals surface area contributed by atoms with E-state index in [1.54, 1.807) is 29.0 Å². The second kappa shape index (κ2) is 9.12. The first-order valence-electron chi connectivity index (χ1n) is 11.1. The summed E-state index contributed by atoms with van der Waals surface area (Å²) in [5, 5.41) is 10.2. The number of fused-ring (bicyclic) bond motifs is 2. The van der Waals surface area contributed by atoms with Gasteiger partial charge in [-0.2, -0.15) is 8.42 Å². The van der Waals surface area contributed by atoms with Crippen LogP contribution in [0.1, 0.15) is 22.7 Å². The largest absolute Gasteiger partial charge is 0.478 e. The van der Waals surface area contributed by atoms with Crippen LogP contribution in [0.3, 0.4) is 0 Å². The number of thiazole rings is 1. The number of hydrogen-bond donors (Lipinski definition) is 3. The molecule has 1 aromatic carbocycles. The van der Waals surface area contributed by atoms with Gasteiger partial charge in [0.1, 0.15) is 16.2 Å². The number of nitrogens with zero attached hydrogens (tertiary/aromatic N) is 2. The molecule has 5 rings (SSSR count). The lowest BCUT2D eigenvalue weighted by molar-refractivity contribution is -0.659. The van der Waals surface area contributed by atoms with Crippen molar-refractivity contribution >= 4 is 49.5 Å². The molecule has 1 aliphatic rings. The number of carboxylic acids is 1. The molecule has 0 radical (unpaired) electrons. The first-order valence-corrected chi connectivity index (χ1v) is 13.6. The van der Waals surface area contributed by atoms with Gasteiger partial charge in [0.2, 0.25) is 5.88 Å². The number of rotatable bonds is 8. The molecule has 4 heterocycles. The number of aromatic amines is 1. The number of carbonyl (C=O) groups is 1. The zero-order valence-corrected chi connectivity index (χ0v) is 21.1. The van der Waals surface area contributed by atoms with E-state index in [1.165, 1.54) is 11.3 Å². The zero-order chi connectivity index (χ0) is 25.6. The van der Waals surface area contributed by atoms with Crippen molar-refractivity contribution in [1.29, 1.82) is 0 Å². The number of aliphatic carboxylic acids is 1. The molecule has 188 valence electrons. The third kappa shape index (κ3) is 4.62. The lowest BCUT2D eigenvalue weighted by Crippen LogP contribution is -2.39. The van der Waals surface area contributed by atoms with Gasteiger partial charge in [0.25, 0.3) is 15.8 Å². The number of hydrogen-bond acceptors (Lipinski definition) is 7. The maximum absolute atomic E-state index is 11.6. The van der Waals surface area contributed by atoms with Gasteiger partial charge in [-0.05, 0) is 50.6 Å². The van der Waals surface area contributed by atoms with Gasteiger partial charge in [0.05, 0.1) is 23.8 Å². The Balaban J connectivity index is 1.58. The highest BCUT2D eigenvalue weighted by molar-refractivity contribution is 7.85. The van der Waals surface area contributed by atoms with E-state index >= 15 is 0 Å². The van der Waals surface area contributed by atoms with Crippen molar-refractivity contribution in [2.45, 2.75) is 26.8 Å². The van der Waals surface area contributed by atoms with E-state index in [1.807, 2.05) is 36.9 Å². The number of aromatic nitrogens is 2. The number of anilines is 1. The second-order valence-electron chi connectivity index (χ2n) is 8.51. The number of H-pyrrole nitrogens is 1. The molecule has 10 nitrogen and oxygen atoms in total. The van der Waals surface area contributed by atoms with Gasteiger partial charge in [0, 0.05) is 17.7 Å². The second-order valence-corrected chi connectivity index (χ2v) is 11.1. The highest BCUT2D eigenvalue weighted by Crippen LogP contribution is 2.42. The monoisotopic (exact) mass is 530 g/mol. The Morgan fingerprint density at radius 1 is 1.28 bits per heavy atom. The Morgan fingerprint density at radius 3 is 2.78 bits per heavy atom. The molecular formula is C24H24N3O7S2+. The topological polar surface area (TPSA) is 137 Å². The summed E-state index contributed by atoms with van der Waals surface area (Å²) >= 11 is 1.44. The van der Waals surface area contributed by atoms with Crippen LogP contribution in [0.5, 0.6) is 5.75 Å². The predicted octanol–water partition coefficient (Wildman–Crippen LogP) is 3.95. The minimum absolute atomic E-state index is 0.155. The van der Waals surface area contributed by atoms with Gasteiger partial charge >= 0.3 is 5.97 Å². The molecule has 3 N–H and O–H groups in total. The van der Waals surface area contributed by atoms with Crippen LogP contribution in [0.2, 0.25) is 0 Å². The zero-order valence-electron chi connectivity index (χ0n) is 19.5. The highest BCUT2D eigenvalue weighted by Gasteiger charge is 2.30. The Bertz CT molecular complexity index is 1600. The Kier molecular flexibility index (Phi) is 6.10. The van der Waals surface area contributed by atoms with Gasteiger partial charge in [0.15, 0.2) is 17.3 Å². The van der Waals surface area contributed by atoms with E-state index in [-0.39, 0.29) is 19.5 Å². The molecule has 12 heteroatoms. The molecule has 0 aliphatic carbocycles. The van der Waals surface area contributed by atoms with Crippen LogP contribution in [0.25, 0.3) is 27.7 Å². The first-order chi connectivity index (χ1) is 17.1. The van der Waals surface area contributed by atoms with Crippen LogP contribution in [-0.4, -0.2) is 41.3 Å². The first kappa shape index (κ1) is 24.1. The van der Waals surface area contributed by atoms with Crippen molar-refractivity contribution in [1.82, 2.24) is 4.98 Å². The van der Waals surface area contributed by atoms with E-state index in [4.69, 9.17) is 9.15 Å². The fraction of sp³-hybridized carbons (Fsp3) is 0.250. The van der Waals surface area contributed by atoms with Crippen LogP contribution < -0.4 is 14.2 Å². The van der Waals surface area contributed by atoms with Crippen molar-refractivity contribution in [3.8, 4) is 17.1 Å². The molecular weight excluding hydrogens is 506 g/mol. The molecule has 1 aliphatic heterocycles. The van der Waals surface area contributed by atoms with Crippen LogP contribution >= 0.6 is 11.3 Å². The minimum atomic E-state index is -4.13. The van der Waals surface area contributed by atoms with Gasteiger partial charge in [-0.25, -0.2) is 14.3 Å². The lowest BCUT2D eigenvalue weighted by Gasteiger charge is -2.18. The molecule has 0 unspecified atom stereocenters. The van der Waals surface area contributed by atoms with E-state index in [9.17, 15) is 22.9 Å². The average molecular weight is 531 g/mol. The molecule has 0 saturated carbocycles. The molecule has 4 aromatic rings. The van der Waals surface area contributed by atoms with Gasteiger partial charge in [-0.15, -0.1) is 0 Å². The van der Waals surface area contributed by atoms with Crippen molar-refractivity contribution in [3.05, 3.63) is 58.7 Å². The van der Waals surface area contributed by atoms with Crippen LogP contribution in [-0.2, 0) is 21.5 Å². The number of carboxylic acid groups (broad SMARTS) is 1. The molecule has 0 amide bonds. The highest BCUT2D eigenvalue weighted by atomic mass is 32.2. The Hall–Kier alpha value is -3.61. The SMILES string of the molecule is Cc1[nH]c2c(sc(C=C3Oc4ccc(-c5ccco5)cc4N3CCCS(=O)(=O)O)[n+]2CC(=O)O)c1C. The van der Waals surface area contributed by atoms with E-state index < -0.39 is 21.8 Å². The number of ether oxygens (including phenoxy) is 1. The Morgan fingerprint density at radius 2 is 2.08 bits per heavy atom. The quantitative estimate of drug-likeness (QED) is 0.230. The molecule has 0 spiro atoms. The summed E-state index contributed by atoms with van der Waals surface area (Å²) < 4.78 is 46.2. The number of nitrogens with one attached hydrogen (secondary N) is 1. The van der Waals surface area contributed by atoms with Crippen molar-refractivity contribution < 1.29 is 36.6 Å². The predicted molar refractivity (Wildman–Crippen MR) is 135 cm³/mol. The standard InChI is InChI=1S/C24H23N3O7S2/c1-14-15(2)25-24-23(14)35-21(27(24)13-22(28)29)12-20-26(8-4-10-36(30,31)32)17-11-16(6-7-19(17)34-20)18-5-3-9-33-18/h3,5-7,9,11-12,25H,4,8,10,13H2,1-2H3,(H-,28,29,30,31,32)/p+1. The molecule has 0 atom stereocenters. The minimum Gasteiger partial charge on any atom is -0.478 e. The lowest BCUT2D eigenvalue weighted by atomic mass is 10.1. The summed E-state index contributed by atoms with van der Waals surface area (Å²) in [6.07, 6.45) is 3.50. The van der Waals surface area contributed by atoms with E-state index in [2.05, 4.69) is 4.98 Å². The third-order valence-electron chi connectivity index (χ3n) is 6.03. The smallest absolute Gasteiger partial charge is 0.346 e. The van der Waals surface area contributed by atoms with E-state index in [0.717, 1.165) is 27.2 Å². The maximum atomic E-state index is 11.6. The summed E-state index contributed by atoms with van der Waals surface area (Å²) in [5.41, 5.74) is 4.26. The van der Waals surface area contributed by atoms with Crippen molar-refractivity contribution in [2.75, 3.05) is 17.2 Å². The van der Waals surface area contributed by atoms with Gasteiger partial charge in [-0.1, -0.05) is 11.3 Å². The van der Waals surface area contributed by atoms with Crippen molar-refractivity contribution in [3.63, 3.8) is 0 Å². The summed E-state index contributed by atoms with van der Waals surface area (Å²) in [5.74, 6) is 0.291. The molecule has 0 fully saturated rings. The van der Waals surface area contributed by atoms with Gasteiger partial charge in [-0.3, -0.25) is 4.55 Å². The Labute approximate surface area is 210 Å².